The highest BCUT2D eigenvalue weighted by molar-refractivity contribution is 5.82. The summed E-state index contributed by atoms with van der Waals surface area (Å²) in [5.74, 6) is -0.654. The maximum atomic E-state index is 11.6. The molecule has 0 aromatic heterocycles. The van der Waals surface area contributed by atoms with E-state index in [-0.39, 0.29) is 18.1 Å². The first-order valence-electron chi connectivity index (χ1n) is 5.02. The van der Waals surface area contributed by atoms with Crippen LogP contribution < -0.4 is 0 Å². The van der Waals surface area contributed by atoms with Gasteiger partial charge in [-0.2, -0.15) is 0 Å². The number of rotatable bonds is 3. The zero-order valence-electron chi connectivity index (χ0n) is 8.53. The number of hydrogen-bond acceptors (Lipinski definition) is 3. The topological polar surface area (TPSA) is 57.6 Å². The first kappa shape index (κ1) is 11.2. The lowest BCUT2D eigenvalue weighted by Crippen LogP contribution is -2.27. The van der Waals surface area contributed by atoms with Crippen molar-refractivity contribution in [1.29, 1.82) is 0 Å². The standard InChI is InChI=1S/C10H17NO3/c1-11-6-2-3-9(12)8(7-11)4-5-10(13)14/h8H,2-7H2,1H3,(H,13,14). The average molecular weight is 199 g/mol. The van der Waals surface area contributed by atoms with Crippen LogP contribution in [0.25, 0.3) is 0 Å². The smallest absolute Gasteiger partial charge is 0.303 e. The quantitative estimate of drug-likeness (QED) is 0.729. The van der Waals surface area contributed by atoms with E-state index in [4.69, 9.17) is 5.11 Å². The Morgan fingerprint density at radius 2 is 2.36 bits per heavy atom. The zero-order valence-corrected chi connectivity index (χ0v) is 8.53. The van der Waals surface area contributed by atoms with E-state index in [2.05, 4.69) is 4.90 Å². The molecule has 4 heteroatoms. The van der Waals surface area contributed by atoms with E-state index < -0.39 is 5.97 Å². The van der Waals surface area contributed by atoms with Crippen molar-refractivity contribution < 1.29 is 14.7 Å². The summed E-state index contributed by atoms with van der Waals surface area (Å²) in [7, 11) is 1.98. The Balaban J connectivity index is 2.46. The Morgan fingerprint density at radius 1 is 1.64 bits per heavy atom. The molecule has 1 aliphatic rings. The molecule has 0 aliphatic carbocycles. The van der Waals surface area contributed by atoms with Crippen molar-refractivity contribution in [3.05, 3.63) is 0 Å². The van der Waals surface area contributed by atoms with Gasteiger partial charge in [0.15, 0.2) is 0 Å². The molecule has 1 saturated heterocycles. The maximum absolute atomic E-state index is 11.6. The number of carbonyl (C=O) groups is 2. The van der Waals surface area contributed by atoms with E-state index in [9.17, 15) is 9.59 Å². The lowest BCUT2D eigenvalue weighted by Gasteiger charge is -2.17. The summed E-state index contributed by atoms with van der Waals surface area (Å²) in [6.45, 7) is 1.65. The molecule has 80 valence electrons. The molecular formula is C10H17NO3. The Bertz CT molecular complexity index is 227. The number of carboxylic acids is 1. The van der Waals surface area contributed by atoms with Crippen LogP contribution in [-0.4, -0.2) is 41.9 Å². The average Bonchev–Trinajstić information content (AvgIpc) is 2.25. The number of aliphatic carboxylic acids is 1. The second kappa shape index (κ2) is 5.10. The molecule has 0 aromatic rings. The first-order valence-corrected chi connectivity index (χ1v) is 5.02. The molecule has 0 amide bonds. The van der Waals surface area contributed by atoms with Gasteiger partial charge in [0, 0.05) is 25.3 Å². The van der Waals surface area contributed by atoms with Crippen molar-refractivity contribution in [3.63, 3.8) is 0 Å². The number of nitrogens with zero attached hydrogens (tertiary/aromatic N) is 1. The van der Waals surface area contributed by atoms with Gasteiger partial charge in [0.2, 0.25) is 0 Å². The Morgan fingerprint density at radius 3 is 3.00 bits per heavy atom. The second-order valence-electron chi connectivity index (χ2n) is 3.96. The van der Waals surface area contributed by atoms with Crippen LogP contribution in [0, 0.1) is 5.92 Å². The number of carbonyl (C=O) groups excluding carboxylic acids is 1. The fourth-order valence-electron chi connectivity index (χ4n) is 1.85. The number of carboxylic acid groups (broad SMARTS) is 1. The van der Waals surface area contributed by atoms with E-state index in [1.54, 1.807) is 0 Å². The lowest BCUT2D eigenvalue weighted by atomic mass is 9.96. The van der Waals surface area contributed by atoms with Crippen LogP contribution >= 0.6 is 0 Å². The first-order chi connectivity index (χ1) is 6.59. The Labute approximate surface area is 83.9 Å². The van der Waals surface area contributed by atoms with Crippen LogP contribution in [0.2, 0.25) is 0 Å². The Hall–Kier alpha value is -0.900. The summed E-state index contributed by atoms with van der Waals surface area (Å²) in [6, 6.07) is 0. The molecule has 0 radical (unpaired) electrons. The summed E-state index contributed by atoms with van der Waals surface area (Å²) in [4.78, 5) is 24.1. The monoisotopic (exact) mass is 199 g/mol. The summed E-state index contributed by atoms with van der Waals surface area (Å²) >= 11 is 0. The lowest BCUT2D eigenvalue weighted by molar-refractivity contribution is -0.137. The third-order valence-electron chi connectivity index (χ3n) is 2.66. The Kier molecular flexibility index (Phi) is 4.07. The second-order valence-corrected chi connectivity index (χ2v) is 3.96. The molecule has 1 aliphatic heterocycles. The number of hydrogen-bond donors (Lipinski definition) is 1. The van der Waals surface area contributed by atoms with Gasteiger partial charge in [-0.05, 0) is 26.4 Å². The van der Waals surface area contributed by atoms with Crippen LogP contribution in [0.1, 0.15) is 25.7 Å². The van der Waals surface area contributed by atoms with Crippen molar-refractivity contribution in [3.8, 4) is 0 Å². The fraction of sp³-hybridized carbons (Fsp3) is 0.800. The largest absolute Gasteiger partial charge is 0.481 e. The summed E-state index contributed by atoms with van der Waals surface area (Å²) in [5, 5.41) is 8.54. The van der Waals surface area contributed by atoms with Crippen molar-refractivity contribution in [2.24, 2.45) is 5.92 Å². The van der Waals surface area contributed by atoms with E-state index in [0.717, 1.165) is 13.0 Å². The minimum atomic E-state index is -0.815. The zero-order chi connectivity index (χ0) is 10.6. The van der Waals surface area contributed by atoms with Gasteiger partial charge in [0.25, 0.3) is 0 Å². The van der Waals surface area contributed by atoms with Gasteiger partial charge in [-0.15, -0.1) is 0 Å². The predicted octanol–water partition coefficient (Wildman–Crippen LogP) is 0.762. The summed E-state index contributed by atoms with van der Waals surface area (Å²) < 4.78 is 0. The molecule has 1 unspecified atom stereocenters. The number of likely N-dealkylation sites (tertiary alicyclic amines) is 1. The molecule has 1 atom stereocenters. The highest BCUT2D eigenvalue weighted by Crippen LogP contribution is 2.16. The van der Waals surface area contributed by atoms with Crippen molar-refractivity contribution >= 4 is 11.8 Å². The minimum Gasteiger partial charge on any atom is -0.481 e. The minimum absolute atomic E-state index is 0.0707. The van der Waals surface area contributed by atoms with E-state index in [1.165, 1.54) is 0 Å². The molecule has 1 heterocycles. The van der Waals surface area contributed by atoms with Gasteiger partial charge >= 0.3 is 5.97 Å². The molecule has 0 aromatic carbocycles. The molecule has 0 spiro atoms. The van der Waals surface area contributed by atoms with E-state index in [0.29, 0.717) is 19.4 Å². The third-order valence-corrected chi connectivity index (χ3v) is 2.66. The van der Waals surface area contributed by atoms with Crippen LogP contribution in [-0.2, 0) is 9.59 Å². The van der Waals surface area contributed by atoms with Gasteiger partial charge in [0.05, 0.1) is 0 Å². The molecule has 0 bridgehead atoms. The SMILES string of the molecule is CN1CCCC(=O)C(CCC(=O)O)C1. The third kappa shape index (κ3) is 3.46. The van der Waals surface area contributed by atoms with Crippen molar-refractivity contribution in [2.45, 2.75) is 25.7 Å². The van der Waals surface area contributed by atoms with Gasteiger partial charge in [0.1, 0.15) is 5.78 Å². The van der Waals surface area contributed by atoms with E-state index in [1.807, 2.05) is 7.05 Å². The fourth-order valence-corrected chi connectivity index (χ4v) is 1.85. The molecule has 14 heavy (non-hydrogen) atoms. The molecular weight excluding hydrogens is 182 g/mol. The van der Waals surface area contributed by atoms with Crippen LogP contribution in [0.4, 0.5) is 0 Å². The number of Topliss-reactive ketones (excluding diaryl/α,β-unsaturated/α-hetero) is 1. The normalized spacial score (nSPS) is 24.6. The van der Waals surface area contributed by atoms with Crippen molar-refractivity contribution in [1.82, 2.24) is 4.90 Å². The number of ketones is 1. The molecule has 1 N–H and O–H groups in total. The van der Waals surface area contributed by atoms with Crippen LogP contribution in [0.3, 0.4) is 0 Å². The highest BCUT2D eigenvalue weighted by atomic mass is 16.4. The molecule has 4 nitrogen and oxygen atoms in total. The van der Waals surface area contributed by atoms with Crippen LogP contribution in [0.5, 0.6) is 0 Å². The summed E-state index contributed by atoms with van der Waals surface area (Å²) in [5.41, 5.74) is 0. The molecule has 1 rings (SSSR count). The molecule has 0 saturated carbocycles. The van der Waals surface area contributed by atoms with Gasteiger partial charge in [-0.1, -0.05) is 0 Å². The summed E-state index contributed by atoms with van der Waals surface area (Å²) in [6.07, 6.45) is 2.09. The van der Waals surface area contributed by atoms with Crippen molar-refractivity contribution in [2.75, 3.05) is 20.1 Å². The maximum Gasteiger partial charge on any atom is 0.303 e. The van der Waals surface area contributed by atoms with Crippen LogP contribution in [0.15, 0.2) is 0 Å². The molecule has 1 fully saturated rings. The predicted molar refractivity (Wildman–Crippen MR) is 52.1 cm³/mol. The van der Waals surface area contributed by atoms with Gasteiger partial charge < -0.3 is 10.0 Å². The van der Waals surface area contributed by atoms with Gasteiger partial charge in [-0.3, -0.25) is 9.59 Å². The van der Waals surface area contributed by atoms with E-state index >= 15 is 0 Å². The highest BCUT2D eigenvalue weighted by Gasteiger charge is 2.23. The van der Waals surface area contributed by atoms with Gasteiger partial charge in [-0.25, -0.2) is 0 Å².